The number of phosphoric ester groups is 1. The molecule has 7 atom stereocenters. The van der Waals surface area contributed by atoms with Crippen LogP contribution in [0.3, 0.4) is 0 Å². The van der Waals surface area contributed by atoms with E-state index in [1.165, 1.54) is 0 Å². The van der Waals surface area contributed by atoms with E-state index in [0.717, 1.165) is 6.92 Å². The SMILES string of the molecule is CC(=O)NCP(=O)([O-])O[C@H]1O[C@H](COP(=O)([O-])OP(=O)([O-])OP(=O)([O-])[O-])[C@@H](O)[C@H]1O. The summed E-state index contributed by atoms with van der Waals surface area (Å²) in [5, 5.41) is 21.3. The van der Waals surface area contributed by atoms with Gasteiger partial charge in [0.05, 0.1) is 20.7 Å². The maximum absolute atomic E-state index is 11.7. The van der Waals surface area contributed by atoms with Crippen molar-refractivity contribution in [3.8, 4) is 0 Å². The van der Waals surface area contributed by atoms with Crippen LogP contribution >= 0.6 is 31.1 Å². The van der Waals surface area contributed by atoms with E-state index in [0.29, 0.717) is 0 Å². The minimum atomic E-state index is -6.21. The number of nitrogens with one attached hydrogen (secondary N) is 1. The number of rotatable bonds is 11. The number of carbonyl (C=O) groups excluding carboxylic acids is 1. The standard InChI is InChI=1S/C8H19NO17P4/c1-4(10)9-3-27(13,14)24-8-7(12)6(11)5(23-8)2-22-29(18,19)26-30(20,21)25-28(15,16)17/h5-8,11-12H,2-3H2,1H3,(H,9,10)(H,13,14)(H,18,19)(H,20,21)(H2,15,16,17)/p-5/t5-,6-,7-,8-/m1/s1. The molecule has 0 aliphatic carbocycles. The lowest BCUT2D eigenvalue weighted by atomic mass is 10.1. The molecular formula is C8H14NO17P4-5. The Morgan fingerprint density at radius 2 is 1.57 bits per heavy atom. The van der Waals surface area contributed by atoms with Crippen molar-refractivity contribution in [3.63, 3.8) is 0 Å². The highest BCUT2D eigenvalue weighted by Crippen LogP contribution is 2.60. The molecule has 18 nitrogen and oxygen atoms in total. The monoisotopic (exact) mass is 520 g/mol. The Morgan fingerprint density at radius 1 is 1.00 bits per heavy atom. The summed E-state index contributed by atoms with van der Waals surface area (Å²) in [5.74, 6) is -0.731. The lowest BCUT2D eigenvalue weighted by Gasteiger charge is -2.37. The first kappa shape index (κ1) is 27.9. The number of hydrogen-bond donors (Lipinski definition) is 3. The van der Waals surface area contributed by atoms with E-state index in [1.807, 2.05) is 5.32 Å². The second-order valence-corrected chi connectivity index (χ2v) is 11.4. The number of aliphatic hydroxyl groups excluding tert-OH is 2. The van der Waals surface area contributed by atoms with Gasteiger partial charge in [0.15, 0.2) is 13.9 Å². The van der Waals surface area contributed by atoms with Gasteiger partial charge in [-0.3, -0.25) is 18.2 Å². The van der Waals surface area contributed by atoms with Gasteiger partial charge >= 0.3 is 0 Å². The van der Waals surface area contributed by atoms with E-state index in [4.69, 9.17) is 4.74 Å². The highest BCUT2D eigenvalue weighted by atomic mass is 31.3. The molecule has 0 aromatic rings. The highest BCUT2D eigenvalue weighted by molar-refractivity contribution is 7.64. The summed E-state index contributed by atoms with van der Waals surface area (Å²) in [6.07, 6.45) is -8.93. The number of ether oxygens (including phenoxy) is 1. The van der Waals surface area contributed by atoms with Gasteiger partial charge < -0.3 is 62.9 Å². The quantitative estimate of drug-likeness (QED) is 0.215. The zero-order valence-corrected chi connectivity index (χ0v) is 18.1. The first-order chi connectivity index (χ1) is 13.3. The van der Waals surface area contributed by atoms with E-state index in [9.17, 15) is 57.7 Å². The van der Waals surface area contributed by atoms with Gasteiger partial charge in [0, 0.05) is 6.92 Å². The van der Waals surface area contributed by atoms with Crippen LogP contribution in [-0.4, -0.2) is 53.6 Å². The molecule has 0 saturated carbocycles. The molecule has 30 heavy (non-hydrogen) atoms. The van der Waals surface area contributed by atoms with Crippen molar-refractivity contribution in [2.75, 3.05) is 12.9 Å². The Bertz CT molecular complexity index is 810. The van der Waals surface area contributed by atoms with Gasteiger partial charge in [-0.1, -0.05) is 0 Å². The van der Waals surface area contributed by atoms with Crippen molar-refractivity contribution in [1.29, 1.82) is 0 Å². The number of carbonyl (C=O) groups is 1. The molecule has 178 valence electrons. The molecule has 1 heterocycles. The van der Waals surface area contributed by atoms with Gasteiger partial charge in [-0.25, -0.2) is 4.31 Å². The molecule has 1 aliphatic rings. The summed E-state index contributed by atoms with van der Waals surface area (Å²) in [6, 6.07) is 0. The fourth-order valence-electron chi connectivity index (χ4n) is 1.79. The smallest absolute Gasteiger partial charge is 0.278 e. The van der Waals surface area contributed by atoms with Gasteiger partial charge in [0.25, 0.3) is 15.6 Å². The summed E-state index contributed by atoms with van der Waals surface area (Å²) in [5.41, 5.74) is 0. The molecule has 0 spiro atoms. The van der Waals surface area contributed by atoms with Gasteiger partial charge in [-0.05, 0) is 0 Å². The van der Waals surface area contributed by atoms with E-state index >= 15 is 0 Å². The zero-order valence-electron chi connectivity index (χ0n) is 14.5. The Labute approximate surface area is 167 Å². The maximum atomic E-state index is 11.7. The van der Waals surface area contributed by atoms with Gasteiger partial charge in [-0.15, -0.1) is 0 Å². The van der Waals surface area contributed by atoms with Crippen LogP contribution in [0.1, 0.15) is 6.92 Å². The number of aliphatic hydroxyl groups is 2. The molecule has 1 rings (SSSR count). The predicted octanol–water partition coefficient (Wildman–Crippen LogP) is -5.09. The van der Waals surface area contributed by atoms with E-state index in [2.05, 4.69) is 17.7 Å². The minimum absolute atomic E-state index is 0.731. The van der Waals surface area contributed by atoms with Crippen molar-refractivity contribution in [1.82, 2.24) is 5.32 Å². The van der Waals surface area contributed by atoms with Crippen LogP contribution in [0, 0.1) is 0 Å². The second-order valence-electron chi connectivity index (χ2n) is 5.43. The van der Waals surface area contributed by atoms with E-state index in [1.54, 1.807) is 0 Å². The molecule has 3 unspecified atom stereocenters. The summed E-state index contributed by atoms with van der Waals surface area (Å²) in [6.45, 7) is -0.278. The van der Waals surface area contributed by atoms with Crippen LogP contribution in [0.2, 0.25) is 0 Å². The summed E-state index contributed by atoms with van der Waals surface area (Å²) >= 11 is 0. The van der Waals surface area contributed by atoms with Crippen LogP contribution in [0.25, 0.3) is 0 Å². The molecule has 3 N–H and O–H groups in total. The molecule has 0 bridgehead atoms. The number of amides is 1. The topological polar surface area (TPSA) is 299 Å². The fourth-order valence-corrected chi connectivity index (χ4v) is 5.64. The van der Waals surface area contributed by atoms with Crippen LogP contribution in [0.4, 0.5) is 0 Å². The largest absolute Gasteiger partial charge is 0.790 e. The highest BCUT2D eigenvalue weighted by Gasteiger charge is 2.45. The average Bonchev–Trinajstić information content (AvgIpc) is 2.75. The van der Waals surface area contributed by atoms with E-state index in [-0.39, 0.29) is 0 Å². The molecule has 1 saturated heterocycles. The van der Waals surface area contributed by atoms with Crippen molar-refractivity contribution < 1.29 is 80.1 Å². The number of hydrogen-bond acceptors (Lipinski definition) is 17. The molecule has 1 amide bonds. The Balaban J connectivity index is 2.68. The van der Waals surface area contributed by atoms with Gasteiger partial charge in [-0.2, -0.15) is 0 Å². The first-order valence-electron chi connectivity index (χ1n) is 7.28. The Hall–Kier alpha value is -0.0900. The molecular weight excluding hydrogens is 506 g/mol. The van der Waals surface area contributed by atoms with Crippen molar-refractivity contribution in [2.45, 2.75) is 31.5 Å². The molecule has 0 radical (unpaired) electrons. The second kappa shape index (κ2) is 10.2. The molecule has 22 heteroatoms. The third-order valence-corrected chi connectivity index (χ3v) is 7.64. The molecule has 1 aliphatic heterocycles. The maximum Gasteiger partial charge on any atom is 0.278 e. The molecule has 0 aromatic carbocycles. The third kappa shape index (κ3) is 10.0. The zero-order chi connectivity index (χ0) is 23.5. The first-order valence-corrected chi connectivity index (χ1v) is 13.4. The lowest BCUT2D eigenvalue weighted by molar-refractivity contribution is -0.339. The van der Waals surface area contributed by atoms with Crippen LogP contribution in [-0.2, 0) is 45.5 Å². The Morgan fingerprint density at radius 3 is 2.07 bits per heavy atom. The summed E-state index contributed by atoms with van der Waals surface area (Å²) in [4.78, 5) is 65.2. The molecule has 1 fully saturated rings. The van der Waals surface area contributed by atoms with E-state index < -0.39 is 74.5 Å². The fraction of sp³-hybridized carbons (Fsp3) is 0.875. The van der Waals surface area contributed by atoms with Crippen molar-refractivity contribution >= 4 is 37.0 Å². The van der Waals surface area contributed by atoms with Crippen molar-refractivity contribution in [3.05, 3.63) is 0 Å². The summed E-state index contributed by atoms with van der Waals surface area (Å²) in [7, 11) is -23.1. The van der Waals surface area contributed by atoms with Gasteiger partial charge in [0.1, 0.15) is 18.3 Å². The Kier molecular flexibility index (Phi) is 9.53. The van der Waals surface area contributed by atoms with Crippen LogP contribution < -0.4 is 29.8 Å². The van der Waals surface area contributed by atoms with Crippen molar-refractivity contribution in [2.24, 2.45) is 0 Å². The molecule has 0 aromatic heterocycles. The number of phosphoric acid groups is 3. The predicted molar refractivity (Wildman–Crippen MR) is 79.0 cm³/mol. The van der Waals surface area contributed by atoms with Gasteiger partial charge in [0.2, 0.25) is 5.91 Å². The third-order valence-electron chi connectivity index (χ3n) is 2.90. The average molecular weight is 520 g/mol. The van der Waals surface area contributed by atoms with Crippen LogP contribution in [0.15, 0.2) is 0 Å². The lowest BCUT2D eigenvalue weighted by Crippen LogP contribution is -2.36. The summed E-state index contributed by atoms with van der Waals surface area (Å²) < 4.78 is 63.7. The van der Waals surface area contributed by atoms with Crippen LogP contribution in [0.5, 0.6) is 0 Å². The minimum Gasteiger partial charge on any atom is -0.790 e. The normalized spacial score (nSPS) is 30.8.